The second-order valence-electron chi connectivity index (χ2n) is 5.86. The lowest BCUT2D eigenvalue weighted by Crippen LogP contribution is -2.52. The summed E-state index contributed by atoms with van der Waals surface area (Å²) in [5, 5.41) is 6.17. The molecular weight excluding hydrogens is 272 g/mol. The first-order chi connectivity index (χ1) is 9.60. The fraction of sp³-hybridized carbons (Fsp3) is 0.600. The number of carbonyl (C=O) groups is 1. The van der Waals surface area contributed by atoms with E-state index in [1.54, 1.807) is 11.3 Å². The molecule has 4 nitrogen and oxygen atoms in total. The van der Waals surface area contributed by atoms with Crippen molar-refractivity contribution >= 4 is 23.0 Å². The van der Waals surface area contributed by atoms with Crippen LogP contribution in [-0.2, 0) is 9.63 Å². The number of thiophene rings is 1. The Morgan fingerprint density at radius 3 is 3.10 bits per heavy atom. The molecule has 1 amide bonds. The number of carbonyl (C=O) groups excluding carboxylic acids is 1. The van der Waals surface area contributed by atoms with Crippen LogP contribution in [0.1, 0.15) is 44.4 Å². The van der Waals surface area contributed by atoms with Gasteiger partial charge in [-0.2, -0.15) is 0 Å². The highest BCUT2D eigenvalue weighted by atomic mass is 32.1. The molecule has 1 aromatic rings. The fourth-order valence-corrected chi connectivity index (χ4v) is 3.64. The first kappa shape index (κ1) is 13.6. The highest BCUT2D eigenvalue weighted by molar-refractivity contribution is 7.12. The van der Waals surface area contributed by atoms with E-state index in [9.17, 15) is 4.79 Å². The molecular formula is C15H20N2O2S. The molecule has 5 heteroatoms. The number of likely N-dealkylation sites (tertiary alicyclic amines) is 1. The van der Waals surface area contributed by atoms with E-state index in [0.717, 1.165) is 30.0 Å². The minimum Gasteiger partial charge on any atom is -0.379 e. The second kappa shape index (κ2) is 5.20. The van der Waals surface area contributed by atoms with Crippen molar-refractivity contribution in [1.82, 2.24) is 4.90 Å². The first-order valence-corrected chi connectivity index (χ1v) is 8.08. The third-order valence-electron chi connectivity index (χ3n) is 4.18. The SMILES string of the molecule is C[C@@H]1CCCCN1C(=O)[C@]1(C)CC(c2cccs2)=NO1. The van der Waals surface area contributed by atoms with Gasteiger partial charge in [-0.3, -0.25) is 4.79 Å². The van der Waals surface area contributed by atoms with Crippen LogP contribution >= 0.6 is 11.3 Å². The first-order valence-electron chi connectivity index (χ1n) is 7.20. The standard InChI is InChI=1S/C15H20N2O2S/c1-11-6-3-4-8-17(11)14(18)15(2)10-12(16-19-15)13-7-5-9-20-13/h5,7,9,11H,3-4,6,8,10H2,1-2H3/t11-,15+/m1/s1. The minimum absolute atomic E-state index is 0.0833. The van der Waals surface area contributed by atoms with Gasteiger partial charge < -0.3 is 9.74 Å². The number of rotatable bonds is 2. The molecule has 1 aromatic heterocycles. The summed E-state index contributed by atoms with van der Waals surface area (Å²) in [6.07, 6.45) is 3.94. The normalized spacial score (nSPS) is 30.0. The molecule has 0 unspecified atom stereocenters. The van der Waals surface area contributed by atoms with Gasteiger partial charge in [-0.25, -0.2) is 0 Å². The Hall–Kier alpha value is -1.36. The maximum atomic E-state index is 12.8. The summed E-state index contributed by atoms with van der Waals surface area (Å²) in [5.41, 5.74) is 0.0609. The van der Waals surface area contributed by atoms with Crippen molar-refractivity contribution in [2.45, 2.75) is 51.2 Å². The van der Waals surface area contributed by atoms with E-state index in [4.69, 9.17) is 4.84 Å². The van der Waals surface area contributed by atoms with Crippen molar-refractivity contribution < 1.29 is 9.63 Å². The molecule has 0 N–H and O–H groups in total. The van der Waals surface area contributed by atoms with Crippen LogP contribution in [0.4, 0.5) is 0 Å². The van der Waals surface area contributed by atoms with Crippen LogP contribution in [-0.4, -0.2) is 34.7 Å². The van der Waals surface area contributed by atoms with Crippen LogP contribution in [0.15, 0.2) is 22.7 Å². The molecule has 1 fully saturated rings. The van der Waals surface area contributed by atoms with Gasteiger partial charge in [0.05, 0.1) is 4.88 Å². The van der Waals surface area contributed by atoms with E-state index in [2.05, 4.69) is 12.1 Å². The molecule has 2 aliphatic rings. The summed E-state index contributed by atoms with van der Waals surface area (Å²) in [6, 6.07) is 4.32. The second-order valence-corrected chi connectivity index (χ2v) is 6.81. The summed E-state index contributed by atoms with van der Waals surface area (Å²) < 4.78 is 0. The molecule has 0 spiro atoms. The van der Waals surface area contributed by atoms with E-state index < -0.39 is 5.60 Å². The number of amides is 1. The highest BCUT2D eigenvalue weighted by Crippen LogP contribution is 2.32. The number of hydrogen-bond acceptors (Lipinski definition) is 4. The van der Waals surface area contributed by atoms with Crippen molar-refractivity contribution in [1.29, 1.82) is 0 Å². The molecule has 0 bridgehead atoms. The predicted octanol–water partition coefficient (Wildman–Crippen LogP) is 3.03. The van der Waals surface area contributed by atoms with Gasteiger partial charge in [0, 0.05) is 19.0 Å². The van der Waals surface area contributed by atoms with Crippen LogP contribution in [0, 0.1) is 0 Å². The number of hydrogen-bond donors (Lipinski definition) is 0. The lowest BCUT2D eigenvalue weighted by molar-refractivity contribution is -0.156. The Morgan fingerprint density at radius 2 is 2.40 bits per heavy atom. The summed E-state index contributed by atoms with van der Waals surface area (Å²) in [6.45, 7) is 4.82. The van der Waals surface area contributed by atoms with Gasteiger partial charge in [-0.05, 0) is 44.6 Å². The van der Waals surface area contributed by atoms with Gasteiger partial charge >= 0.3 is 0 Å². The van der Waals surface area contributed by atoms with Crippen LogP contribution in [0.25, 0.3) is 0 Å². The lowest BCUT2D eigenvalue weighted by atomic mass is 9.94. The summed E-state index contributed by atoms with van der Waals surface area (Å²) in [7, 11) is 0. The molecule has 108 valence electrons. The zero-order valence-corrected chi connectivity index (χ0v) is 12.8. The summed E-state index contributed by atoms with van der Waals surface area (Å²) >= 11 is 1.63. The van der Waals surface area contributed by atoms with Gasteiger partial charge in [0.1, 0.15) is 5.71 Å². The number of nitrogens with zero attached hydrogens (tertiary/aromatic N) is 2. The van der Waals surface area contributed by atoms with Crippen molar-refractivity contribution in [3.05, 3.63) is 22.4 Å². The molecule has 20 heavy (non-hydrogen) atoms. The molecule has 0 aliphatic carbocycles. The van der Waals surface area contributed by atoms with E-state index in [-0.39, 0.29) is 5.91 Å². The van der Waals surface area contributed by atoms with Crippen molar-refractivity contribution in [3.8, 4) is 0 Å². The van der Waals surface area contributed by atoms with Gasteiger partial charge in [0.25, 0.3) is 5.91 Å². The zero-order chi connectivity index (χ0) is 14.2. The maximum Gasteiger partial charge on any atom is 0.269 e. The van der Waals surface area contributed by atoms with E-state index in [1.807, 2.05) is 29.3 Å². The Morgan fingerprint density at radius 1 is 1.55 bits per heavy atom. The zero-order valence-electron chi connectivity index (χ0n) is 12.0. The minimum atomic E-state index is -0.828. The molecule has 1 saturated heterocycles. The van der Waals surface area contributed by atoms with E-state index >= 15 is 0 Å². The largest absolute Gasteiger partial charge is 0.379 e. The Kier molecular flexibility index (Phi) is 3.54. The molecule has 2 aliphatic heterocycles. The quantitative estimate of drug-likeness (QED) is 0.841. The van der Waals surface area contributed by atoms with Gasteiger partial charge in [-0.1, -0.05) is 11.2 Å². The molecule has 2 atom stereocenters. The summed E-state index contributed by atoms with van der Waals surface area (Å²) in [4.78, 5) is 21.4. The Bertz CT molecular complexity index is 526. The van der Waals surface area contributed by atoms with E-state index in [0.29, 0.717) is 12.5 Å². The maximum absolute atomic E-state index is 12.8. The van der Waals surface area contributed by atoms with Crippen molar-refractivity contribution in [2.24, 2.45) is 5.16 Å². The van der Waals surface area contributed by atoms with Gasteiger partial charge in [-0.15, -0.1) is 11.3 Å². The van der Waals surface area contributed by atoms with Gasteiger partial charge in [0.15, 0.2) is 0 Å². The molecule has 0 saturated carbocycles. The lowest BCUT2D eigenvalue weighted by Gasteiger charge is -2.37. The average molecular weight is 292 g/mol. The molecule has 3 rings (SSSR count). The van der Waals surface area contributed by atoms with Crippen LogP contribution in [0.5, 0.6) is 0 Å². The Labute approximate surface area is 123 Å². The average Bonchev–Trinajstić information content (AvgIpc) is 3.08. The monoisotopic (exact) mass is 292 g/mol. The Balaban J connectivity index is 1.73. The van der Waals surface area contributed by atoms with Crippen molar-refractivity contribution in [2.75, 3.05) is 6.54 Å². The van der Waals surface area contributed by atoms with Crippen LogP contribution in [0.2, 0.25) is 0 Å². The van der Waals surface area contributed by atoms with Crippen LogP contribution < -0.4 is 0 Å². The molecule has 3 heterocycles. The van der Waals surface area contributed by atoms with Crippen molar-refractivity contribution in [3.63, 3.8) is 0 Å². The van der Waals surface area contributed by atoms with Crippen LogP contribution in [0.3, 0.4) is 0 Å². The third-order valence-corrected chi connectivity index (χ3v) is 5.10. The fourth-order valence-electron chi connectivity index (χ4n) is 2.93. The predicted molar refractivity (Wildman–Crippen MR) is 80.0 cm³/mol. The molecule has 0 radical (unpaired) electrons. The van der Waals surface area contributed by atoms with E-state index in [1.165, 1.54) is 6.42 Å². The number of piperidine rings is 1. The topological polar surface area (TPSA) is 41.9 Å². The highest BCUT2D eigenvalue weighted by Gasteiger charge is 2.46. The smallest absolute Gasteiger partial charge is 0.269 e. The number of oxime groups is 1. The summed E-state index contributed by atoms with van der Waals surface area (Å²) in [5.74, 6) is 0.0833. The van der Waals surface area contributed by atoms with Gasteiger partial charge in [0.2, 0.25) is 5.60 Å². The third kappa shape index (κ3) is 2.35. The molecule has 0 aromatic carbocycles.